The molecule has 0 aliphatic heterocycles. The molecule has 1 aromatic heterocycles. The Morgan fingerprint density at radius 1 is 1.26 bits per heavy atom. The van der Waals surface area contributed by atoms with Gasteiger partial charge in [-0.1, -0.05) is 19.1 Å². The predicted molar refractivity (Wildman–Crippen MR) is 81.3 cm³/mol. The highest BCUT2D eigenvalue weighted by atomic mass is 15.1. The SMILES string of the molecule is CCNC(CCN(C)C)c1ccc2ncccc2c1. The second kappa shape index (κ2) is 6.64. The largest absolute Gasteiger partial charge is 0.310 e. The molecular formula is C16H23N3. The highest BCUT2D eigenvalue weighted by Gasteiger charge is 2.11. The van der Waals surface area contributed by atoms with Gasteiger partial charge in [-0.15, -0.1) is 0 Å². The Bertz CT molecular complexity index is 522. The number of rotatable bonds is 6. The summed E-state index contributed by atoms with van der Waals surface area (Å²) in [5, 5.41) is 4.79. The van der Waals surface area contributed by atoms with Crippen molar-refractivity contribution in [2.45, 2.75) is 19.4 Å². The van der Waals surface area contributed by atoms with Gasteiger partial charge in [-0.05, 0) is 57.4 Å². The number of hydrogen-bond acceptors (Lipinski definition) is 3. The Morgan fingerprint density at radius 2 is 2.11 bits per heavy atom. The van der Waals surface area contributed by atoms with Gasteiger partial charge in [-0.2, -0.15) is 0 Å². The van der Waals surface area contributed by atoms with Crippen molar-refractivity contribution in [2.24, 2.45) is 0 Å². The normalized spacial score (nSPS) is 13.1. The summed E-state index contributed by atoms with van der Waals surface area (Å²) in [5.74, 6) is 0. The van der Waals surface area contributed by atoms with Crippen molar-refractivity contribution in [1.82, 2.24) is 15.2 Å². The second-order valence-corrected chi connectivity index (χ2v) is 5.16. The maximum absolute atomic E-state index is 4.37. The van der Waals surface area contributed by atoms with Crippen molar-refractivity contribution in [3.8, 4) is 0 Å². The molecule has 0 spiro atoms. The van der Waals surface area contributed by atoms with Crippen LogP contribution in [0.25, 0.3) is 10.9 Å². The number of nitrogens with one attached hydrogen (secondary N) is 1. The molecule has 1 aromatic carbocycles. The van der Waals surface area contributed by atoms with Crippen LogP contribution in [-0.2, 0) is 0 Å². The van der Waals surface area contributed by atoms with Gasteiger partial charge in [-0.3, -0.25) is 4.98 Å². The Balaban J connectivity index is 2.22. The number of nitrogens with zero attached hydrogens (tertiary/aromatic N) is 2. The molecule has 2 aromatic rings. The van der Waals surface area contributed by atoms with Crippen molar-refractivity contribution in [1.29, 1.82) is 0 Å². The molecule has 1 unspecified atom stereocenters. The molecule has 102 valence electrons. The van der Waals surface area contributed by atoms with Crippen molar-refractivity contribution in [3.63, 3.8) is 0 Å². The van der Waals surface area contributed by atoms with Crippen LogP contribution in [0.3, 0.4) is 0 Å². The van der Waals surface area contributed by atoms with Crippen LogP contribution < -0.4 is 5.32 Å². The van der Waals surface area contributed by atoms with Crippen LogP contribution in [-0.4, -0.2) is 37.1 Å². The van der Waals surface area contributed by atoms with Gasteiger partial charge in [0.05, 0.1) is 5.52 Å². The average Bonchev–Trinajstić information content (AvgIpc) is 2.42. The molecule has 0 aliphatic carbocycles. The van der Waals surface area contributed by atoms with Crippen molar-refractivity contribution in [3.05, 3.63) is 42.1 Å². The van der Waals surface area contributed by atoms with Crippen LogP contribution in [0.1, 0.15) is 24.9 Å². The van der Waals surface area contributed by atoms with E-state index >= 15 is 0 Å². The molecule has 1 atom stereocenters. The maximum atomic E-state index is 4.37. The highest BCUT2D eigenvalue weighted by molar-refractivity contribution is 5.79. The zero-order valence-corrected chi connectivity index (χ0v) is 12.1. The Kier molecular flexibility index (Phi) is 4.88. The van der Waals surface area contributed by atoms with Crippen LogP contribution in [0.15, 0.2) is 36.5 Å². The van der Waals surface area contributed by atoms with E-state index in [1.165, 1.54) is 10.9 Å². The second-order valence-electron chi connectivity index (χ2n) is 5.16. The standard InChI is InChI=1S/C16H23N3/c1-4-17-16(9-11-19(2)3)14-7-8-15-13(12-14)6-5-10-18-15/h5-8,10,12,16-17H,4,9,11H2,1-3H3. The van der Waals surface area contributed by atoms with Crippen LogP contribution in [0.2, 0.25) is 0 Å². The molecule has 3 heteroatoms. The molecule has 1 heterocycles. The minimum atomic E-state index is 0.414. The summed E-state index contributed by atoms with van der Waals surface area (Å²) in [4.78, 5) is 6.60. The third-order valence-electron chi connectivity index (χ3n) is 3.34. The molecule has 0 saturated carbocycles. The summed E-state index contributed by atoms with van der Waals surface area (Å²) in [6, 6.07) is 11.1. The first-order valence-electron chi connectivity index (χ1n) is 6.93. The highest BCUT2D eigenvalue weighted by Crippen LogP contribution is 2.21. The number of fused-ring (bicyclic) bond motifs is 1. The monoisotopic (exact) mass is 257 g/mol. The predicted octanol–water partition coefficient (Wildman–Crippen LogP) is 2.84. The van der Waals surface area contributed by atoms with Crippen molar-refractivity contribution >= 4 is 10.9 Å². The minimum absolute atomic E-state index is 0.414. The van der Waals surface area contributed by atoms with Crippen molar-refractivity contribution in [2.75, 3.05) is 27.2 Å². The van der Waals surface area contributed by atoms with E-state index in [0.29, 0.717) is 6.04 Å². The lowest BCUT2D eigenvalue weighted by molar-refractivity contribution is 0.363. The Labute approximate surface area is 115 Å². The third kappa shape index (κ3) is 3.75. The first-order chi connectivity index (χ1) is 9.20. The number of benzene rings is 1. The van der Waals surface area contributed by atoms with Crippen molar-refractivity contribution < 1.29 is 0 Å². The van der Waals surface area contributed by atoms with E-state index in [-0.39, 0.29) is 0 Å². The average molecular weight is 257 g/mol. The van der Waals surface area contributed by atoms with E-state index in [2.05, 4.69) is 60.5 Å². The molecule has 0 fully saturated rings. The summed E-state index contributed by atoms with van der Waals surface area (Å²) >= 11 is 0. The van der Waals surface area contributed by atoms with Gasteiger partial charge >= 0.3 is 0 Å². The maximum Gasteiger partial charge on any atom is 0.0702 e. The quantitative estimate of drug-likeness (QED) is 0.862. The number of hydrogen-bond donors (Lipinski definition) is 1. The summed E-state index contributed by atoms with van der Waals surface area (Å²) in [6.45, 7) is 4.23. The lowest BCUT2D eigenvalue weighted by Gasteiger charge is -2.21. The van der Waals surface area contributed by atoms with Gasteiger partial charge in [0.1, 0.15) is 0 Å². The third-order valence-corrected chi connectivity index (χ3v) is 3.34. The first kappa shape index (κ1) is 14.0. The summed E-state index contributed by atoms with van der Waals surface area (Å²) < 4.78 is 0. The number of pyridine rings is 1. The Hall–Kier alpha value is -1.45. The van der Waals surface area contributed by atoms with Crippen LogP contribution in [0, 0.1) is 0 Å². The van der Waals surface area contributed by atoms with Gasteiger partial charge < -0.3 is 10.2 Å². The molecule has 0 bridgehead atoms. The fraction of sp³-hybridized carbons (Fsp3) is 0.438. The fourth-order valence-electron chi connectivity index (χ4n) is 2.33. The fourth-order valence-corrected chi connectivity index (χ4v) is 2.33. The topological polar surface area (TPSA) is 28.2 Å². The smallest absolute Gasteiger partial charge is 0.0702 e. The van der Waals surface area contributed by atoms with E-state index in [9.17, 15) is 0 Å². The summed E-state index contributed by atoms with van der Waals surface area (Å²) in [5.41, 5.74) is 2.42. The van der Waals surface area contributed by atoms with E-state index in [1.54, 1.807) is 0 Å². The van der Waals surface area contributed by atoms with E-state index in [0.717, 1.165) is 25.0 Å². The lowest BCUT2D eigenvalue weighted by Crippen LogP contribution is -2.25. The van der Waals surface area contributed by atoms with Gasteiger partial charge in [0, 0.05) is 17.6 Å². The zero-order valence-electron chi connectivity index (χ0n) is 12.1. The van der Waals surface area contributed by atoms with Gasteiger partial charge in [0.25, 0.3) is 0 Å². The van der Waals surface area contributed by atoms with E-state index in [1.807, 2.05) is 12.3 Å². The van der Waals surface area contributed by atoms with Gasteiger partial charge in [-0.25, -0.2) is 0 Å². The Morgan fingerprint density at radius 3 is 2.84 bits per heavy atom. The minimum Gasteiger partial charge on any atom is -0.310 e. The molecule has 0 aliphatic rings. The van der Waals surface area contributed by atoms with Crippen LogP contribution >= 0.6 is 0 Å². The molecule has 0 saturated heterocycles. The van der Waals surface area contributed by atoms with Gasteiger partial charge in [0.15, 0.2) is 0 Å². The summed E-state index contributed by atoms with van der Waals surface area (Å²) in [7, 11) is 4.24. The molecule has 2 rings (SSSR count). The summed E-state index contributed by atoms with van der Waals surface area (Å²) in [6.07, 6.45) is 2.96. The lowest BCUT2D eigenvalue weighted by atomic mass is 10.0. The molecule has 3 nitrogen and oxygen atoms in total. The van der Waals surface area contributed by atoms with E-state index in [4.69, 9.17) is 0 Å². The zero-order chi connectivity index (χ0) is 13.7. The molecular weight excluding hydrogens is 234 g/mol. The molecule has 0 amide bonds. The van der Waals surface area contributed by atoms with Crippen LogP contribution in [0.4, 0.5) is 0 Å². The van der Waals surface area contributed by atoms with E-state index < -0.39 is 0 Å². The van der Waals surface area contributed by atoms with Gasteiger partial charge in [0.2, 0.25) is 0 Å². The molecule has 19 heavy (non-hydrogen) atoms. The van der Waals surface area contributed by atoms with Crippen LogP contribution in [0.5, 0.6) is 0 Å². The molecule has 1 N–H and O–H groups in total. The molecule has 0 radical (unpaired) electrons. The number of aromatic nitrogens is 1. The first-order valence-corrected chi connectivity index (χ1v) is 6.93.